The number of carbonyl (C=O) groups is 3. The zero-order valence-corrected chi connectivity index (χ0v) is 31.6. The lowest BCUT2D eigenvalue weighted by Gasteiger charge is -2.18. The molecule has 0 N–H and O–H groups in total. The van der Waals surface area contributed by atoms with Gasteiger partial charge in [-0.2, -0.15) is 4.99 Å². The summed E-state index contributed by atoms with van der Waals surface area (Å²) in [7, 11) is 0. The van der Waals surface area contributed by atoms with E-state index in [1.807, 2.05) is 0 Å². The molecule has 0 radical (unpaired) electrons. The molecule has 0 spiro atoms. The highest BCUT2D eigenvalue weighted by molar-refractivity contribution is 5.83. The van der Waals surface area contributed by atoms with Crippen LogP contribution < -0.4 is 0 Å². The molecule has 1 atom stereocenters. The Labute approximate surface area is 290 Å². The molecule has 0 aliphatic carbocycles. The van der Waals surface area contributed by atoms with Crippen LogP contribution in [0.5, 0.6) is 0 Å². The molecule has 0 aromatic rings. The van der Waals surface area contributed by atoms with E-state index < -0.39 is 17.8 Å². The van der Waals surface area contributed by atoms with Crippen LogP contribution in [0.15, 0.2) is 4.99 Å². The summed E-state index contributed by atoms with van der Waals surface area (Å²) in [6.45, 7) is 9.62. The van der Waals surface area contributed by atoms with Gasteiger partial charge in [-0.05, 0) is 33.6 Å². The summed E-state index contributed by atoms with van der Waals surface area (Å²) in [6, 6.07) is 0. The molecule has 0 aromatic heterocycles. The number of carbonyl (C=O) groups excluding carboxylic acids is 3. The molecule has 0 fully saturated rings. The molecule has 7 nitrogen and oxygen atoms in total. The quantitative estimate of drug-likeness (QED) is 0.0307. The van der Waals surface area contributed by atoms with Crippen molar-refractivity contribution in [1.82, 2.24) is 0 Å². The topological polar surface area (TPSA) is 91.3 Å². The number of esters is 2. The molecule has 1 amide bonds. The lowest BCUT2D eigenvalue weighted by Crippen LogP contribution is -2.28. The molecule has 47 heavy (non-hydrogen) atoms. The first kappa shape index (κ1) is 45.1. The maximum atomic E-state index is 12.5. The summed E-state index contributed by atoms with van der Waals surface area (Å²) >= 11 is 0. The molecular formula is C40H75NO6. The molecule has 0 aliphatic heterocycles. The molecule has 7 heteroatoms. The van der Waals surface area contributed by atoms with Crippen molar-refractivity contribution in [3.8, 4) is 0 Å². The van der Waals surface area contributed by atoms with Crippen LogP contribution in [0.4, 0.5) is 4.79 Å². The van der Waals surface area contributed by atoms with E-state index in [9.17, 15) is 14.4 Å². The fraction of sp³-hybridized carbons (Fsp3) is 0.900. The van der Waals surface area contributed by atoms with Gasteiger partial charge < -0.3 is 14.2 Å². The van der Waals surface area contributed by atoms with E-state index in [4.69, 9.17) is 14.2 Å². The van der Waals surface area contributed by atoms with Crippen molar-refractivity contribution in [1.29, 1.82) is 0 Å². The molecule has 0 heterocycles. The monoisotopic (exact) mass is 666 g/mol. The van der Waals surface area contributed by atoms with Crippen LogP contribution in [-0.2, 0) is 23.8 Å². The number of hydrogen-bond acceptors (Lipinski definition) is 6. The summed E-state index contributed by atoms with van der Waals surface area (Å²) in [5.41, 5.74) is -0.685. The van der Waals surface area contributed by atoms with E-state index in [-0.39, 0.29) is 18.5 Å². The van der Waals surface area contributed by atoms with Gasteiger partial charge in [0.2, 0.25) is 0 Å². The van der Waals surface area contributed by atoms with Crippen molar-refractivity contribution in [2.45, 2.75) is 226 Å². The molecule has 0 saturated heterocycles. The average Bonchev–Trinajstić information content (AvgIpc) is 3.02. The van der Waals surface area contributed by atoms with E-state index in [0.29, 0.717) is 12.8 Å². The number of hydrogen-bond donors (Lipinski definition) is 0. The summed E-state index contributed by atoms with van der Waals surface area (Å²) in [5, 5.41) is 0. The molecule has 0 aromatic carbocycles. The molecule has 0 aliphatic rings. The predicted octanol–water partition coefficient (Wildman–Crippen LogP) is 12.4. The summed E-state index contributed by atoms with van der Waals surface area (Å²) in [6.07, 6.45) is 32.4. The number of unbranched alkanes of at least 4 members (excludes halogenated alkanes) is 24. The van der Waals surface area contributed by atoms with Crippen LogP contribution in [0.3, 0.4) is 0 Å². The highest BCUT2D eigenvalue weighted by Gasteiger charge is 2.18. The van der Waals surface area contributed by atoms with Gasteiger partial charge in [-0.15, -0.1) is 0 Å². The lowest BCUT2D eigenvalue weighted by atomic mass is 10.0. The zero-order chi connectivity index (χ0) is 34.9. The SMILES string of the molecule is CCCCCCCCCCCCCCCC(=O)OCC(C=NC(=O)OC(C)(C)C)OC(=O)CCCCCCCCCCCCCCC. The summed E-state index contributed by atoms with van der Waals surface area (Å²) < 4.78 is 16.2. The van der Waals surface area contributed by atoms with Crippen LogP contribution >= 0.6 is 0 Å². The molecule has 0 bridgehead atoms. The van der Waals surface area contributed by atoms with Gasteiger partial charge in [0.1, 0.15) is 12.2 Å². The third-order valence-electron chi connectivity index (χ3n) is 8.40. The van der Waals surface area contributed by atoms with Crippen molar-refractivity contribution in [3.63, 3.8) is 0 Å². The van der Waals surface area contributed by atoms with Crippen molar-refractivity contribution in [3.05, 3.63) is 0 Å². The van der Waals surface area contributed by atoms with Crippen molar-refractivity contribution < 1.29 is 28.6 Å². The number of amides is 1. The zero-order valence-electron chi connectivity index (χ0n) is 31.6. The fourth-order valence-electron chi connectivity index (χ4n) is 5.59. The van der Waals surface area contributed by atoms with E-state index >= 15 is 0 Å². The number of nitrogens with zero attached hydrogens (tertiary/aromatic N) is 1. The van der Waals surface area contributed by atoms with Crippen LogP contribution in [-0.4, -0.2) is 42.6 Å². The van der Waals surface area contributed by atoms with Gasteiger partial charge in [-0.1, -0.05) is 168 Å². The first-order valence-corrected chi connectivity index (χ1v) is 19.8. The van der Waals surface area contributed by atoms with E-state index in [1.165, 1.54) is 135 Å². The lowest BCUT2D eigenvalue weighted by molar-refractivity contribution is -0.155. The van der Waals surface area contributed by atoms with Gasteiger partial charge in [-0.25, -0.2) is 4.79 Å². The average molecular weight is 666 g/mol. The third kappa shape index (κ3) is 35.2. The van der Waals surface area contributed by atoms with Gasteiger partial charge in [-0.3, -0.25) is 9.59 Å². The number of ether oxygens (including phenoxy) is 3. The van der Waals surface area contributed by atoms with Crippen LogP contribution in [0.2, 0.25) is 0 Å². The molecular weight excluding hydrogens is 590 g/mol. The van der Waals surface area contributed by atoms with Gasteiger partial charge in [0.25, 0.3) is 0 Å². The number of rotatable bonds is 32. The Morgan fingerprint density at radius 1 is 0.532 bits per heavy atom. The Hall–Kier alpha value is -1.92. The summed E-state index contributed by atoms with van der Waals surface area (Å²) in [5.74, 6) is -0.697. The number of aliphatic imine (C=N–C) groups is 1. The van der Waals surface area contributed by atoms with E-state index in [0.717, 1.165) is 38.5 Å². The first-order valence-electron chi connectivity index (χ1n) is 19.8. The first-order chi connectivity index (χ1) is 22.7. The second kappa shape index (κ2) is 32.6. The molecule has 276 valence electrons. The Kier molecular flexibility index (Phi) is 31.3. The smallest absolute Gasteiger partial charge is 0.433 e. The second-order valence-electron chi connectivity index (χ2n) is 14.5. The molecule has 0 rings (SSSR count). The Morgan fingerprint density at radius 2 is 0.872 bits per heavy atom. The van der Waals surface area contributed by atoms with Gasteiger partial charge in [0.15, 0.2) is 6.10 Å². The van der Waals surface area contributed by atoms with Gasteiger partial charge >= 0.3 is 18.0 Å². The Morgan fingerprint density at radius 3 is 1.23 bits per heavy atom. The van der Waals surface area contributed by atoms with Gasteiger partial charge in [0, 0.05) is 12.8 Å². The minimum absolute atomic E-state index is 0.159. The Balaban J connectivity index is 4.22. The normalized spacial score (nSPS) is 12.4. The Bertz CT molecular complexity index is 775. The third-order valence-corrected chi connectivity index (χ3v) is 8.40. The summed E-state index contributed by atoms with van der Waals surface area (Å²) in [4.78, 5) is 40.8. The van der Waals surface area contributed by atoms with E-state index in [2.05, 4.69) is 18.8 Å². The maximum Gasteiger partial charge on any atom is 0.433 e. The minimum atomic E-state index is -0.924. The van der Waals surface area contributed by atoms with Gasteiger partial charge in [0.05, 0.1) is 6.21 Å². The van der Waals surface area contributed by atoms with E-state index in [1.54, 1.807) is 20.8 Å². The highest BCUT2D eigenvalue weighted by Crippen LogP contribution is 2.15. The van der Waals surface area contributed by atoms with Crippen LogP contribution in [0, 0.1) is 0 Å². The standard InChI is InChI=1S/C40H75NO6/c1-6-8-10-12-14-16-18-20-22-24-26-28-30-32-37(42)45-35-36(34-41-39(44)47-40(3,4)5)46-38(43)33-31-29-27-25-23-21-19-17-15-13-11-9-7-2/h34,36H,6-33,35H2,1-5H3. The molecule has 1 unspecified atom stereocenters. The fourth-order valence-corrected chi connectivity index (χ4v) is 5.59. The maximum absolute atomic E-state index is 12.5. The molecule has 0 saturated carbocycles. The van der Waals surface area contributed by atoms with Crippen LogP contribution in [0.1, 0.15) is 214 Å². The largest absolute Gasteiger partial charge is 0.461 e. The van der Waals surface area contributed by atoms with Crippen molar-refractivity contribution in [2.24, 2.45) is 4.99 Å². The predicted molar refractivity (Wildman–Crippen MR) is 196 cm³/mol. The second-order valence-corrected chi connectivity index (χ2v) is 14.5. The van der Waals surface area contributed by atoms with Crippen molar-refractivity contribution >= 4 is 24.2 Å². The minimum Gasteiger partial charge on any atom is -0.461 e. The van der Waals surface area contributed by atoms with Crippen molar-refractivity contribution in [2.75, 3.05) is 6.61 Å². The van der Waals surface area contributed by atoms with Crippen LogP contribution in [0.25, 0.3) is 0 Å². The highest BCUT2D eigenvalue weighted by atomic mass is 16.6.